The molecule has 0 aliphatic carbocycles. The number of unbranched alkanes of at least 4 members (excludes halogenated alkanes) is 1. The van der Waals surface area contributed by atoms with Crippen LogP contribution in [0.1, 0.15) is 37.8 Å². The zero-order valence-electron chi connectivity index (χ0n) is 22.3. The molecule has 3 aromatic carbocycles. The van der Waals surface area contributed by atoms with Gasteiger partial charge in [0.25, 0.3) is 0 Å². The van der Waals surface area contributed by atoms with Gasteiger partial charge in [-0.15, -0.1) is 0 Å². The number of carboxylic acid groups (broad SMARTS) is 1. The molecule has 2 amide bonds. The maximum absolute atomic E-state index is 12.8. The van der Waals surface area contributed by atoms with Crippen LogP contribution < -0.4 is 15.0 Å². The molecule has 2 N–H and O–H groups in total. The Morgan fingerprint density at radius 2 is 1.79 bits per heavy atom. The lowest BCUT2D eigenvalue weighted by Crippen LogP contribution is -2.38. The van der Waals surface area contributed by atoms with Crippen LogP contribution in [0.15, 0.2) is 78.6 Å². The van der Waals surface area contributed by atoms with E-state index in [4.69, 9.17) is 9.47 Å². The molecule has 0 saturated heterocycles. The quantitative estimate of drug-likeness (QED) is 0.156. The van der Waals surface area contributed by atoms with Gasteiger partial charge in [0, 0.05) is 24.8 Å². The molecular formula is C31H36N2O5. The van der Waals surface area contributed by atoms with E-state index in [1.807, 2.05) is 72.8 Å². The maximum Gasteiger partial charge on any atom is 0.371 e. The van der Waals surface area contributed by atoms with Crippen molar-refractivity contribution in [2.75, 3.05) is 31.7 Å². The molecule has 3 aromatic rings. The first-order chi connectivity index (χ1) is 18.4. The van der Waals surface area contributed by atoms with E-state index in [1.54, 1.807) is 18.9 Å². The van der Waals surface area contributed by atoms with Crippen LogP contribution in [0.3, 0.4) is 0 Å². The third-order valence-corrected chi connectivity index (χ3v) is 5.95. The first-order valence-corrected chi connectivity index (χ1v) is 12.9. The first-order valence-electron chi connectivity index (χ1n) is 12.9. The minimum Gasteiger partial charge on any atom is -0.493 e. The number of ether oxygens (including phenoxy) is 2. The molecule has 0 fully saturated rings. The predicted molar refractivity (Wildman–Crippen MR) is 151 cm³/mol. The summed E-state index contributed by atoms with van der Waals surface area (Å²) < 4.78 is 11.4. The molecule has 0 atom stereocenters. The number of nitrogens with zero attached hydrogens (tertiary/aromatic N) is 1. The molecule has 0 spiro atoms. The van der Waals surface area contributed by atoms with Crippen LogP contribution in [0.5, 0.6) is 5.75 Å². The van der Waals surface area contributed by atoms with E-state index in [-0.39, 0.29) is 18.4 Å². The molecule has 3 rings (SSSR count). The van der Waals surface area contributed by atoms with Gasteiger partial charge in [0.15, 0.2) is 0 Å². The first kappa shape index (κ1) is 28.3. The van der Waals surface area contributed by atoms with Gasteiger partial charge in [-0.3, -0.25) is 4.90 Å². The molecular weight excluding hydrogens is 480 g/mol. The fourth-order valence-corrected chi connectivity index (χ4v) is 3.86. The Morgan fingerprint density at radius 3 is 2.50 bits per heavy atom. The van der Waals surface area contributed by atoms with Gasteiger partial charge in [0.2, 0.25) is 5.76 Å². The topological polar surface area (TPSA) is 88.1 Å². The van der Waals surface area contributed by atoms with Crippen LogP contribution >= 0.6 is 0 Å². The van der Waals surface area contributed by atoms with Gasteiger partial charge in [0.05, 0.1) is 13.2 Å². The normalized spacial score (nSPS) is 11.1. The van der Waals surface area contributed by atoms with Crippen LogP contribution in [0.4, 0.5) is 10.5 Å². The molecule has 200 valence electrons. The number of anilines is 1. The summed E-state index contributed by atoms with van der Waals surface area (Å²) in [5.74, 6) is -0.607. The Hall–Kier alpha value is -4.26. The number of carbonyl (C=O) groups is 2. The Labute approximate surface area is 224 Å². The second kappa shape index (κ2) is 14.5. The Bertz CT molecular complexity index is 1240. The van der Waals surface area contributed by atoms with E-state index in [9.17, 15) is 14.7 Å². The molecule has 0 aromatic heterocycles. The third kappa shape index (κ3) is 8.13. The zero-order valence-corrected chi connectivity index (χ0v) is 22.3. The van der Waals surface area contributed by atoms with Gasteiger partial charge in [-0.05, 0) is 60.7 Å². The summed E-state index contributed by atoms with van der Waals surface area (Å²) >= 11 is 0. The molecule has 0 radical (unpaired) electrons. The number of carbonyl (C=O) groups excluding carboxylic acids is 1. The van der Waals surface area contributed by atoms with Crippen LogP contribution in [-0.2, 0) is 16.0 Å². The van der Waals surface area contributed by atoms with Crippen molar-refractivity contribution >= 4 is 23.8 Å². The lowest BCUT2D eigenvalue weighted by molar-refractivity contribution is -0.136. The van der Waals surface area contributed by atoms with Gasteiger partial charge in [-0.1, -0.05) is 67.9 Å². The van der Waals surface area contributed by atoms with E-state index < -0.39 is 5.97 Å². The summed E-state index contributed by atoms with van der Waals surface area (Å²) in [6, 6.07) is 23.1. The van der Waals surface area contributed by atoms with Gasteiger partial charge in [-0.25, -0.2) is 9.59 Å². The van der Waals surface area contributed by atoms with E-state index in [2.05, 4.69) is 12.2 Å². The van der Waals surface area contributed by atoms with Crippen molar-refractivity contribution in [1.82, 2.24) is 5.32 Å². The molecule has 0 heterocycles. The molecule has 0 bridgehead atoms. The second-order valence-electron chi connectivity index (χ2n) is 8.78. The highest BCUT2D eigenvalue weighted by Gasteiger charge is 2.14. The summed E-state index contributed by atoms with van der Waals surface area (Å²) in [5, 5.41) is 12.4. The van der Waals surface area contributed by atoms with E-state index in [0.29, 0.717) is 24.5 Å². The van der Waals surface area contributed by atoms with Gasteiger partial charge in [0.1, 0.15) is 5.75 Å². The zero-order chi connectivity index (χ0) is 27.3. The molecule has 0 unspecified atom stereocenters. The van der Waals surface area contributed by atoms with E-state index in [1.165, 1.54) is 11.6 Å². The Morgan fingerprint density at radius 1 is 1.00 bits per heavy atom. The lowest BCUT2D eigenvalue weighted by atomic mass is 10.0. The molecule has 7 nitrogen and oxygen atoms in total. The van der Waals surface area contributed by atoms with E-state index in [0.717, 1.165) is 36.1 Å². The number of amides is 2. The third-order valence-electron chi connectivity index (χ3n) is 5.95. The smallest absolute Gasteiger partial charge is 0.371 e. The molecule has 7 heteroatoms. The second-order valence-corrected chi connectivity index (χ2v) is 8.78. The van der Waals surface area contributed by atoms with Crippen molar-refractivity contribution in [3.63, 3.8) is 0 Å². The minimum absolute atomic E-state index is 0.123. The van der Waals surface area contributed by atoms with Gasteiger partial charge in [-0.2, -0.15) is 0 Å². The van der Waals surface area contributed by atoms with Crippen molar-refractivity contribution in [1.29, 1.82) is 0 Å². The number of benzene rings is 3. The number of nitrogens with one attached hydrogen (secondary N) is 1. The fourth-order valence-electron chi connectivity index (χ4n) is 3.86. The standard InChI is InChI=1S/C31H36N2O5/c1-4-6-19-38-28-20-24(21-29(30(34)35)37-5-2)15-16-27(28)25-13-10-14-26(22-25)33(3)31(36)32-18-17-23-11-8-7-9-12-23/h7-16,20-22H,4-6,17-19H2,1-3H3,(H,32,36)(H,34,35)/b29-21-. The summed E-state index contributed by atoms with van der Waals surface area (Å²) in [6.45, 7) is 5.17. The number of rotatable bonds is 13. The van der Waals surface area contributed by atoms with Crippen molar-refractivity contribution in [2.24, 2.45) is 0 Å². The largest absolute Gasteiger partial charge is 0.493 e. The number of urea groups is 1. The maximum atomic E-state index is 12.8. The van der Waals surface area contributed by atoms with Crippen molar-refractivity contribution < 1.29 is 24.2 Å². The number of hydrogen-bond acceptors (Lipinski definition) is 4. The summed E-state index contributed by atoms with van der Waals surface area (Å²) in [7, 11) is 1.74. The Kier molecular flexibility index (Phi) is 10.8. The van der Waals surface area contributed by atoms with Crippen LogP contribution in [0.25, 0.3) is 17.2 Å². The number of aliphatic carboxylic acids is 1. The Balaban J connectivity index is 1.81. The number of hydrogen-bond donors (Lipinski definition) is 2. The lowest BCUT2D eigenvalue weighted by Gasteiger charge is -2.20. The number of carboxylic acids is 1. The van der Waals surface area contributed by atoms with E-state index >= 15 is 0 Å². The highest BCUT2D eigenvalue weighted by Crippen LogP contribution is 2.34. The molecule has 0 aliphatic heterocycles. The monoisotopic (exact) mass is 516 g/mol. The SMILES string of the molecule is CCCCOc1cc(/C=C(\OCC)C(=O)O)ccc1-c1cccc(N(C)C(=O)NCCc2ccccc2)c1. The van der Waals surface area contributed by atoms with Crippen LogP contribution in [0.2, 0.25) is 0 Å². The summed E-state index contributed by atoms with van der Waals surface area (Å²) in [6.07, 6.45) is 4.13. The minimum atomic E-state index is -1.12. The molecule has 0 aliphatic rings. The average molecular weight is 517 g/mol. The highest BCUT2D eigenvalue weighted by atomic mass is 16.5. The molecule has 38 heavy (non-hydrogen) atoms. The fraction of sp³-hybridized carbons (Fsp3) is 0.290. The van der Waals surface area contributed by atoms with Crippen molar-refractivity contribution in [3.8, 4) is 16.9 Å². The average Bonchev–Trinajstić information content (AvgIpc) is 2.93. The van der Waals surface area contributed by atoms with Gasteiger partial charge >= 0.3 is 12.0 Å². The van der Waals surface area contributed by atoms with Crippen LogP contribution in [-0.4, -0.2) is 43.9 Å². The summed E-state index contributed by atoms with van der Waals surface area (Å²) in [4.78, 5) is 25.9. The van der Waals surface area contributed by atoms with Gasteiger partial charge < -0.3 is 19.9 Å². The van der Waals surface area contributed by atoms with Crippen molar-refractivity contribution in [2.45, 2.75) is 33.1 Å². The molecule has 0 saturated carbocycles. The van der Waals surface area contributed by atoms with Crippen molar-refractivity contribution in [3.05, 3.63) is 89.7 Å². The van der Waals surface area contributed by atoms with Crippen LogP contribution in [0, 0.1) is 0 Å². The highest BCUT2D eigenvalue weighted by molar-refractivity contribution is 5.93. The summed E-state index contributed by atoms with van der Waals surface area (Å²) in [5.41, 5.74) is 4.32. The predicted octanol–water partition coefficient (Wildman–Crippen LogP) is 6.38.